The number of carbonyl (C=O) groups is 4. The van der Waals surface area contributed by atoms with Crippen LogP contribution in [0.15, 0.2) is 66.9 Å². The first kappa shape index (κ1) is 39.1. The molecule has 3 aromatic rings. The van der Waals surface area contributed by atoms with E-state index in [-0.39, 0.29) is 24.9 Å². The third-order valence-electron chi connectivity index (χ3n) is 8.80. The molecule has 2 heterocycles. The fourth-order valence-electron chi connectivity index (χ4n) is 5.83. The highest BCUT2D eigenvalue weighted by Crippen LogP contribution is 2.26. The van der Waals surface area contributed by atoms with E-state index in [1.54, 1.807) is 27.0 Å². The predicted octanol–water partition coefficient (Wildman–Crippen LogP) is 5.43. The molecule has 1 aliphatic heterocycles. The summed E-state index contributed by atoms with van der Waals surface area (Å²) >= 11 is 0. The fraction of sp³-hybridized carbons (Fsp3) is 0.513. The second-order valence-electron chi connectivity index (χ2n) is 14.8. The number of imidazole rings is 1. The van der Waals surface area contributed by atoms with Gasteiger partial charge in [0.05, 0.1) is 19.1 Å². The Labute approximate surface area is 301 Å². The van der Waals surface area contributed by atoms with Crippen LogP contribution in [0.5, 0.6) is 0 Å². The second-order valence-corrected chi connectivity index (χ2v) is 14.8. The Morgan fingerprint density at radius 2 is 1.57 bits per heavy atom. The van der Waals surface area contributed by atoms with Crippen molar-refractivity contribution in [2.75, 3.05) is 25.0 Å². The van der Waals surface area contributed by atoms with E-state index < -0.39 is 41.0 Å². The van der Waals surface area contributed by atoms with Crippen molar-refractivity contribution in [2.24, 2.45) is 5.92 Å². The Morgan fingerprint density at radius 3 is 2.18 bits per heavy atom. The van der Waals surface area contributed by atoms with Crippen molar-refractivity contribution < 1.29 is 28.7 Å². The number of rotatable bonds is 14. The van der Waals surface area contributed by atoms with Crippen LogP contribution in [0.1, 0.15) is 84.2 Å². The number of ether oxygens (including phenoxy) is 2. The molecule has 3 N–H and O–H groups in total. The molecule has 0 saturated carbocycles. The Bertz CT molecular complexity index is 1610. The number of hydrogen-bond donors (Lipinski definition) is 3. The molecule has 0 spiro atoms. The summed E-state index contributed by atoms with van der Waals surface area (Å²) in [4.78, 5) is 60.3. The normalized spacial score (nSPS) is 15.1. The van der Waals surface area contributed by atoms with Crippen molar-refractivity contribution >= 4 is 29.6 Å². The summed E-state index contributed by atoms with van der Waals surface area (Å²) in [5.74, 6) is 0.0886. The van der Waals surface area contributed by atoms with Gasteiger partial charge in [0, 0.05) is 32.3 Å². The number of piperidine rings is 1. The maximum atomic E-state index is 13.9. The van der Waals surface area contributed by atoms with Gasteiger partial charge in [-0.25, -0.2) is 9.78 Å². The van der Waals surface area contributed by atoms with Crippen LogP contribution in [0.4, 0.5) is 10.6 Å². The maximum absolute atomic E-state index is 13.9. The van der Waals surface area contributed by atoms with Crippen LogP contribution in [-0.2, 0) is 43.4 Å². The molecule has 1 fully saturated rings. The highest BCUT2D eigenvalue weighted by Gasteiger charge is 2.35. The Kier molecular flexibility index (Phi) is 13.4. The highest BCUT2D eigenvalue weighted by atomic mass is 16.6. The van der Waals surface area contributed by atoms with Gasteiger partial charge in [-0.2, -0.15) is 0 Å². The van der Waals surface area contributed by atoms with Crippen LogP contribution < -0.4 is 16.0 Å². The first-order valence-electron chi connectivity index (χ1n) is 17.8. The molecule has 1 aromatic heterocycles. The lowest BCUT2D eigenvalue weighted by Gasteiger charge is -2.33. The van der Waals surface area contributed by atoms with E-state index >= 15 is 0 Å². The number of benzene rings is 2. The molecule has 12 heteroatoms. The zero-order valence-electron chi connectivity index (χ0n) is 31.0. The van der Waals surface area contributed by atoms with Gasteiger partial charge < -0.3 is 34.9 Å². The van der Waals surface area contributed by atoms with Crippen LogP contribution in [0.3, 0.4) is 0 Å². The lowest BCUT2D eigenvalue weighted by molar-refractivity contribution is -0.134. The smallest absolute Gasteiger partial charge is 0.408 e. The van der Waals surface area contributed by atoms with Crippen molar-refractivity contribution in [3.63, 3.8) is 0 Å². The van der Waals surface area contributed by atoms with Crippen LogP contribution in [0, 0.1) is 5.92 Å². The number of anilines is 1. The topological polar surface area (TPSA) is 144 Å². The molecule has 12 nitrogen and oxygen atoms in total. The van der Waals surface area contributed by atoms with Gasteiger partial charge >= 0.3 is 6.09 Å². The van der Waals surface area contributed by atoms with E-state index in [4.69, 9.17) is 9.47 Å². The van der Waals surface area contributed by atoms with Gasteiger partial charge in [-0.05, 0) is 64.5 Å². The molecule has 4 amide bonds. The molecule has 51 heavy (non-hydrogen) atoms. The third-order valence-corrected chi connectivity index (χ3v) is 8.80. The number of nitrogens with zero attached hydrogens (tertiary/aromatic N) is 3. The largest absolute Gasteiger partial charge is 0.444 e. The number of amides is 4. The summed E-state index contributed by atoms with van der Waals surface area (Å²) in [6.07, 6.45) is 3.50. The lowest BCUT2D eigenvalue weighted by Crippen LogP contribution is -2.59. The fourth-order valence-corrected chi connectivity index (χ4v) is 5.83. The first-order valence-corrected chi connectivity index (χ1v) is 17.8. The average molecular weight is 703 g/mol. The van der Waals surface area contributed by atoms with Crippen LogP contribution >= 0.6 is 0 Å². The number of carbonyl (C=O) groups excluding carboxylic acids is 4. The number of alkyl carbamates (subject to hydrolysis) is 1. The number of likely N-dealkylation sites (tertiary alicyclic amines) is 1. The zero-order valence-corrected chi connectivity index (χ0v) is 31.0. The van der Waals surface area contributed by atoms with Crippen molar-refractivity contribution in [1.82, 2.24) is 25.1 Å². The SMILES string of the molecule is CCc1nc(NC(=O)[C@@H](COCc2ccccc2)NC(=O)C(C)(C)NC(=O)OC(C)(C)C)cn1CC(C(=O)N1CCC(C)CC1)c1ccccc1. The van der Waals surface area contributed by atoms with Crippen LogP contribution in [0.25, 0.3) is 0 Å². The van der Waals surface area contributed by atoms with Crippen molar-refractivity contribution in [3.05, 3.63) is 83.8 Å². The van der Waals surface area contributed by atoms with E-state index in [2.05, 4.69) is 27.9 Å². The molecule has 4 rings (SSSR count). The Hall–Kier alpha value is -4.71. The van der Waals surface area contributed by atoms with E-state index in [1.807, 2.05) is 77.1 Å². The summed E-state index contributed by atoms with van der Waals surface area (Å²) < 4.78 is 13.1. The molecule has 0 aliphatic carbocycles. The van der Waals surface area contributed by atoms with E-state index in [0.717, 1.165) is 37.1 Å². The average Bonchev–Trinajstić information content (AvgIpc) is 3.47. The molecule has 2 atom stereocenters. The highest BCUT2D eigenvalue weighted by molar-refractivity contribution is 5.98. The van der Waals surface area contributed by atoms with Crippen LogP contribution in [0.2, 0.25) is 0 Å². The standard InChI is InChI=1S/C39H54N6O6/c1-8-33-41-32(24-45(33)23-30(29-17-13-10-14-18-29)35(47)44-21-19-27(2)20-22-44)42-34(46)31(26-50-25-28-15-11-9-12-16-28)40-36(48)39(6,7)43-37(49)51-38(3,4)5/h9-18,24,27,30-31H,8,19-23,25-26H2,1-7H3,(H,40,48)(H,42,46)(H,43,49)/t30?,31-/m1/s1. The Morgan fingerprint density at radius 1 is 0.941 bits per heavy atom. The van der Waals surface area contributed by atoms with Gasteiger partial charge in [-0.3, -0.25) is 14.4 Å². The van der Waals surface area contributed by atoms with Gasteiger partial charge in [0.25, 0.3) is 5.91 Å². The number of hydrogen-bond acceptors (Lipinski definition) is 7. The number of aromatic nitrogens is 2. The van der Waals surface area contributed by atoms with E-state index in [0.29, 0.717) is 24.7 Å². The summed E-state index contributed by atoms with van der Waals surface area (Å²) in [5, 5.41) is 8.18. The van der Waals surface area contributed by atoms with Gasteiger partial charge in [-0.15, -0.1) is 0 Å². The lowest BCUT2D eigenvalue weighted by atomic mass is 9.94. The molecular weight excluding hydrogens is 648 g/mol. The molecule has 0 bridgehead atoms. The van der Waals surface area contributed by atoms with E-state index in [9.17, 15) is 19.2 Å². The van der Waals surface area contributed by atoms with Crippen molar-refractivity contribution in [1.29, 1.82) is 0 Å². The van der Waals surface area contributed by atoms with Crippen molar-refractivity contribution in [2.45, 2.75) is 104 Å². The number of nitrogens with one attached hydrogen (secondary N) is 3. The summed E-state index contributed by atoms with van der Waals surface area (Å²) in [5.41, 5.74) is -0.347. The second kappa shape index (κ2) is 17.5. The minimum absolute atomic E-state index is 0.0791. The molecular formula is C39H54N6O6. The monoisotopic (exact) mass is 702 g/mol. The van der Waals surface area contributed by atoms with Crippen molar-refractivity contribution in [3.8, 4) is 0 Å². The molecule has 1 aliphatic rings. The Balaban J connectivity index is 1.52. The minimum Gasteiger partial charge on any atom is -0.444 e. The maximum Gasteiger partial charge on any atom is 0.408 e. The minimum atomic E-state index is -1.41. The zero-order chi connectivity index (χ0) is 37.2. The molecule has 0 radical (unpaired) electrons. The van der Waals surface area contributed by atoms with E-state index in [1.165, 1.54) is 13.8 Å². The van der Waals surface area contributed by atoms with Gasteiger partial charge in [-0.1, -0.05) is 74.5 Å². The first-order chi connectivity index (χ1) is 24.1. The molecule has 1 unspecified atom stereocenters. The summed E-state index contributed by atoms with van der Waals surface area (Å²) in [6.45, 7) is 14.3. The predicted molar refractivity (Wildman–Crippen MR) is 196 cm³/mol. The molecule has 1 saturated heterocycles. The third kappa shape index (κ3) is 11.7. The summed E-state index contributed by atoms with van der Waals surface area (Å²) in [7, 11) is 0. The molecule has 2 aromatic carbocycles. The van der Waals surface area contributed by atoms with Gasteiger partial charge in [0.2, 0.25) is 11.8 Å². The quantitative estimate of drug-likeness (QED) is 0.203. The summed E-state index contributed by atoms with van der Waals surface area (Å²) in [6, 6.07) is 18.1. The van der Waals surface area contributed by atoms with Crippen LogP contribution in [-0.4, -0.2) is 75.1 Å². The molecule has 276 valence electrons. The number of aryl methyl sites for hydroxylation is 1. The van der Waals surface area contributed by atoms with Gasteiger partial charge in [0.1, 0.15) is 23.0 Å². The van der Waals surface area contributed by atoms with Gasteiger partial charge in [0.15, 0.2) is 5.82 Å².